The number of aryl methyl sites for hydroxylation is 1. The van der Waals surface area contributed by atoms with Crippen molar-refractivity contribution >= 4 is 23.1 Å². The fraction of sp³-hybridized carbons (Fsp3) is 0.176. The minimum atomic E-state index is -0.0704. The summed E-state index contributed by atoms with van der Waals surface area (Å²) in [7, 11) is 1.62. The van der Waals surface area contributed by atoms with Gasteiger partial charge in [0.05, 0.1) is 18.5 Å². The Morgan fingerprint density at radius 2 is 1.91 bits per heavy atom. The zero-order valence-electron chi connectivity index (χ0n) is 12.8. The summed E-state index contributed by atoms with van der Waals surface area (Å²) in [6.45, 7) is 3.45. The van der Waals surface area contributed by atoms with Crippen molar-refractivity contribution in [2.24, 2.45) is 0 Å². The zero-order valence-corrected chi connectivity index (χ0v) is 12.8. The van der Waals surface area contributed by atoms with Crippen molar-refractivity contribution in [2.45, 2.75) is 13.8 Å². The average Bonchev–Trinajstić information content (AvgIpc) is 2.84. The molecular weight excluding hydrogens is 278 g/mol. The summed E-state index contributed by atoms with van der Waals surface area (Å²) in [5.41, 5.74) is 2.40. The highest BCUT2D eigenvalue weighted by Gasteiger charge is 2.21. The van der Waals surface area contributed by atoms with E-state index in [-0.39, 0.29) is 5.91 Å². The van der Waals surface area contributed by atoms with Gasteiger partial charge < -0.3 is 4.74 Å². The highest BCUT2D eigenvalue weighted by molar-refractivity contribution is 5.99. The number of hydrogen-bond donors (Lipinski definition) is 0. The van der Waals surface area contributed by atoms with E-state index in [1.54, 1.807) is 18.9 Å². The number of carbonyl (C=O) groups excluding carboxylic acids is 1. The number of nitrogens with zero attached hydrogens (tertiary/aromatic N) is 3. The first-order chi connectivity index (χ1) is 10.6. The average molecular weight is 295 g/mol. The topological polar surface area (TPSA) is 46.8 Å². The summed E-state index contributed by atoms with van der Waals surface area (Å²) < 4.78 is 7.09. The Hall–Kier alpha value is -2.82. The third-order valence-electron chi connectivity index (χ3n) is 3.53. The number of carbonyl (C=O) groups is 1. The summed E-state index contributed by atoms with van der Waals surface area (Å²) >= 11 is 0. The molecule has 0 atom stereocenters. The second-order valence-electron chi connectivity index (χ2n) is 5.00. The van der Waals surface area contributed by atoms with Crippen molar-refractivity contribution in [3.05, 3.63) is 54.4 Å². The predicted octanol–water partition coefficient (Wildman–Crippen LogP) is 3.34. The smallest absolute Gasteiger partial charge is 0.229 e. The van der Waals surface area contributed by atoms with E-state index in [9.17, 15) is 4.79 Å². The lowest BCUT2D eigenvalue weighted by molar-refractivity contribution is -0.115. The van der Waals surface area contributed by atoms with Gasteiger partial charge in [0.25, 0.3) is 0 Å². The molecule has 0 radical (unpaired) electrons. The Balaban J connectivity index is 2.17. The van der Waals surface area contributed by atoms with Crippen LogP contribution in [0.15, 0.2) is 48.7 Å². The van der Waals surface area contributed by atoms with Gasteiger partial charge in [-0.25, -0.2) is 4.98 Å². The lowest BCUT2D eigenvalue weighted by atomic mass is 10.2. The molecule has 0 fully saturated rings. The minimum absolute atomic E-state index is 0.0704. The standard InChI is InChI=1S/C17H17N3O2/c1-12-17(19-11-5-4-6-16(19)18-12)20(13(2)21)14-7-9-15(22-3)10-8-14/h4-11H,1-3H3. The number of benzene rings is 1. The van der Waals surface area contributed by atoms with E-state index in [0.717, 1.165) is 28.6 Å². The number of pyridine rings is 1. The molecule has 0 aliphatic carbocycles. The first-order valence-corrected chi connectivity index (χ1v) is 7.00. The Bertz CT molecular complexity index is 822. The number of amides is 1. The normalized spacial score (nSPS) is 10.7. The van der Waals surface area contributed by atoms with Crippen LogP contribution < -0.4 is 9.64 Å². The molecule has 0 N–H and O–H groups in total. The molecule has 0 saturated carbocycles. The zero-order chi connectivity index (χ0) is 15.7. The molecule has 2 aromatic heterocycles. The maximum absolute atomic E-state index is 12.2. The van der Waals surface area contributed by atoms with Crippen LogP contribution in [0.1, 0.15) is 12.6 Å². The van der Waals surface area contributed by atoms with Gasteiger partial charge in [0.15, 0.2) is 0 Å². The maximum Gasteiger partial charge on any atom is 0.229 e. The Labute approximate surface area is 128 Å². The number of rotatable bonds is 3. The molecule has 0 spiro atoms. The highest BCUT2D eigenvalue weighted by atomic mass is 16.5. The van der Waals surface area contributed by atoms with Crippen molar-refractivity contribution in [3.63, 3.8) is 0 Å². The van der Waals surface area contributed by atoms with E-state index in [2.05, 4.69) is 4.98 Å². The van der Waals surface area contributed by atoms with Gasteiger partial charge in [-0.3, -0.25) is 14.1 Å². The van der Waals surface area contributed by atoms with Crippen molar-refractivity contribution in [3.8, 4) is 5.75 Å². The summed E-state index contributed by atoms with van der Waals surface area (Å²) in [6.07, 6.45) is 1.91. The molecule has 2 heterocycles. The molecule has 0 aliphatic rings. The predicted molar refractivity (Wildman–Crippen MR) is 85.7 cm³/mol. The minimum Gasteiger partial charge on any atom is -0.497 e. The number of imidazole rings is 1. The molecule has 0 aliphatic heterocycles. The van der Waals surface area contributed by atoms with E-state index in [4.69, 9.17) is 4.74 Å². The molecule has 1 amide bonds. The number of aromatic nitrogens is 2. The summed E-state index contributed by atoms with van der Waals surface area (Å²) in [6, 6.07) is 13.2. The Kier molecular flexibility index (Phi) is 3.55. The van der Waals surface area contributed by atoms with Gasteiger partial charge in [-0.15, -0.1) is 0 Å². The van der Waals surface area contributed by atoms with Gasteiger partial charge in [-0.1, -0.05) is 6.07 Å². The van der Waals surface area contributed by atoms with Crippen LogP contribution >= 0.6 is 0 Å². The first-order valence-electron chi connectivity index (χ1n) is 7.00. The molecule has 0 saturated heterocycles. The summed E-state index contributed by atoms with van der Waals surface area (Å²) in [4.78, 5) is 18.4. The SMILES string of the molecule is COc1ccc(N(C(C)=O)c2c(C)nc3ccccn23)cc1. The van der Waals surface area contributed by atoms with Crippen LogP contribution in [0.25, 0.3) is 5.65 Å². The van der Waals surface area contributed by atoms with Crippen LogP contribution in [0.3, 0.4) is 0 Å². The van der Waals surface area contributed by atoms with Crippen LogP contribution in [0.4, 0.5) is 11.5 Å². The molecule has 0 unspecified atom stereocenters. The third-order valence-corrected chi connectivity index (χ3v) is 3.53. The van der Waals surface area contributed by atoms with Gasteiger partial charge in [0.1, 0.15) is 17.2 Å². The van der Waals surface area contributed by atoms with Gasteiger partial charge in [-0.2, -0.15) is 0 Å². The van der Waals surface area contributed by atoms with Crippen molar-refractivity contribution in [1.82, 2.24) is 9.38 Å². The summed E-state index contributed by atoms with van der Waals surface area (Å²) in [5, 5.41) is 0. The quantitative estimate of drug-likeness (QED) is 0.744. The number of methoxy groups -OCH3 is 1. The number of hydrogen-bond acceptors (Lipinski definition) is 3. The van der Waals surface area contributed by atoms with Crippen LogP contribution in [-0.4, -0.2) is 22.4 Å². The molecule has 112 valence electrons. The Morgan fingerprint density at radius 3 is 2.55 bits per heavy atom. The molecule has 22 heavy (non-hydrogen) atoms. The van der Waals surface area contributed by atoms with Gasteiger partial charge in [0, 0.05) is 13.1 Å². The molecule has 5 heteroatoms. The van der Waals surface area contributed by atoms with Crippen molar-refractivity contribution in [2.75, 3.05) is 12.0 Å². The van der Waals surface area contributed by atoms with E-state index >= 15 is 0 Å². The summed E-state index contributed by atoms with van der Waals surface area (Å²) in [5.74, 6) is 1.44. The van der Waals surface area contributed by atoms with Gasteiger partial charge in [-0.05, 0) is 43.3 Å². The molecule has 3 aromatic rings. The number of ether oxygens (including phenoxy) is 1. The highest BCUT2D eigenvalue weighted by Crippen LogP contribution is 2.30. The number of fused-ring (bicyclic) bond motifs is 1. The maximum atomic E-state index is 12.2. The lowest BCUT2D eigenvalue weighted by Crippen LogP contribution is -2.24. The molecule has 3 rings (SSSR count). The van der Waals surface area contributed by atoms with Crippen molar-refractivity contribution < 1.29 is 9.53 Å². The molecule has 0 bridgehead atoms. The van der Waals surface area contributed by atoms with E-state index in [0.29, 0.717) is 0 Å². The van der Waals surface area contributed by atoms with Crippen LogP contribution in [0.2, 0.25) is 0 Å². The largest absolute Gasteiger partial charge is 0.497 e. The van der Waals surface area contributed by atoms with E-state index in [1.807, 2.05) is 60.0 Å². The molecular formula is C17H17N3O2. The van der Waals surface area contributed by atoms with Gasteiger partial charge in [0.2, 0.25) is 5.91 Å². The second kappa shape index (κ2) is 5.52. The molecule has 5 nitrogen and oxygen atoms in total. The van der Waals surface area contributed by atoms with E-state index in [1.165, 1.54) is 0 Å². The molecule has 1 aromatic carbocycles. The number of anilines is 2. The second-order valence-corrected chi connectivity index (χ2v) is 5.00. The van der Waals surface area contributed by atoms with Crippen molar-refractivity contribution in [1.29, 1.82) is 0 Å². The van der Waals surface area contributed by atoms with Crippen LogP contribution in [0, 0.1) is 6.92 Å². The van der Waals surface area contributed by atoms with Crippen LogP contribution in [0.5, 0.6) is 5.75 Å². The lowest BCUT2D eigenvalue weighted by Gasteiger charge is -2.21. The fourth-order valence-electron chi connectivity index (χ4n) is 2.55. The fourth-order valence-corrected chi connectivity index (χ4v) is 2.55. The van der Waals surface area contributed by atoms with E-state index < -0.39 is 0 Å². The third kappa shape index (κ3) is 2.30. The van der Waals surface area contributed by atoms with Gasteiger partial charge >= 0.3 is 0 Å². The first kappa shape index (κ1) is 14.1. The van der Waals surface area contributed by atoms with Crippen LogP contribution in [-0.2, 0) is 4.79 Å². The monoisotopic (exact) mass is 295 g/mol. The Morgan fingerprint density at radius 1 is 1.18 bits per heavy atom.